The lowest BCUT2D eigenvalue weighted by atomic mass is 10.0. The Morgan fingerprint density at radius 2 is 1.36 bits per heavy atom. The Labute approximate surface area is 159 Å². The summed E-state index contributed by atoms with van der Waals surface area (Å²) < 4.78 is 18.2. The second-order valence-electron chi connectivity index (χ2n) is 4.12. The third kappa shape index (κ3) is 4.35. The van der Waals surface area contributed by atoms with E-state index in [0.717, 1.165) is 0 Å². The summed E-state index contributed by atoms with van der Waals surface area (Å²) in [6.45, 7) is 0. The first kappa shape index (κ1) is 18.4. The Bertz CT molecular complexity index is 766. The van der Waals surface area contributed by atoms with Gasteiger partial charge in [0.25, 0.3) is 0 Å². The molecule has 118 valence electrons. The van der Waals surface area contributed by atoms with Gasteiger partial charge in [-0.2, -0.15) is 0 Å². The molecule has 2 aromatic rings. The fourth-order valence-electron chi connectivity index (χ4n) is 1.80. The third-order valence-electron chi connectivity index (χ3n) is 2.52. The molecule has 10 heteroatoms. The van der Waals surface area contributed by atoms with Gasteiger partial charge in [-0.15, -0.1) is 0 Å². The molecule has 0 amide bonds. The van der Waals surface area contributed by atoms with Gasteiger partial charge in [0, 0.05) is 29.0 Å². The van der Waals surface area contributed by atoms with Gasteiger partial charge in [-0.25, -0.2) is 4.57 Å². The molecule has 0 radical (unpaired) electrons. The number of phosphoric ester groups is 1. The van der Waals surface area contributed by atoms with Crippen LogP contribution in [0.3, 0.4) is 0 Å². The molecule has 0 fully saturated rings. The molecule has 0 saturated heterocycles. The summed E-state index contributed by atoms with van der Waals surface area (Å²) in [6.07, 6.45) is 0. The number of hydrogen-bond donors (Lipinski definition) is 3. The number of aromatic hydroxyl groups is 1. The van der Waals surface area contributed by atoms with E-state index in [0.29, 0.717) is 29.0 Å². The second kappa shape index (κ2) is 6.93. The minimum atomic E-state index is -4.76. The zero-order valence-corrected chi connectivity index (χ0v) is 17.7. The zero-order chi connectivity index (χ0) is 16.7. The number of phenols is 1. The van der Waals surface area contributed by atoms with E-state index in [4.69, 9.17) is 14.3 Å². The lowest BCUT2D eigenvalue weighted by molar-refractivity contribution is 0.283. The van der Waals surface area contributed by atoms with Crippen LogP contribution >= 0.6 is 71.5 Å². The van der Waals surface area contributed by atoms with Crippen molar-refractivity contribution in [3.63, 3.8) is 0 Å². The molecule has 0 saturated carbocycles. The molecule has 0 unspecified atom stereocenters. The summed E-state index contributed by atoms with van der Waals surface area (Å²) >= 11 is 13.1. The highest BCUT2D eigenvalue weighted by Gasteiger charge is 2.24. The summed E-state index contributed by atoms with van der Waals surface area (Å²) in [5.74, 6) is -0.159. The zero-order valence-electron chi connectivity index (χ0n) is 10.4. The highest BCUT2D eigenvalue weighted by atomic mass is 79.9. The molecule has 22 heavy (non-hydrogen) atoms. The third-order valence-corrected chi connectivity index (χ3v) is 5.12. The molecule has 3 N–H and O–H groups in total. The van der Waals surface area contributed by atoms with Gasteiger partial charge >= 0.3 is 7.82 Å². The first-order valence-electron chi connectivity index (χ1n) is 5.51. The number of phenolic OH excluding ortho intramolecular Hbond substituents is 1. The second-order valence-corrected chi connectivity index (χ2v) is 8.83. The summed E-state index contributed by atoms with van der Waals surface area (Å²) in [6, 6.07) is 6.25. The lowest BCUT2D eigenvalue weighted by Gasteiger charge is -2.16. The molecule has 0 aliphatic heterocycles. The van der Waals surface area contributed by atoms with Gasteiger partial charge in [0.15, 0.2) is 0 Å². The van der Waals surface area contributed by atoms with Gasteiger partial charge in [0.2, 0.25) is 0 Å². The van der Waals surface area contributed by atoms with Crippen molar-refractivity contribution >= 4 is 71.5 Å². The predicted molar refractivity (Wildman–Crippen MR) is 97.0 cm³/mol. The van der Waals surface area contributed by atoms with Crippen LogP contribution in [0, 0.1) is 0 Å². The smallest absolute Gasteiger partial charge is 0.507 e. The SMILES string of the molecule is O=P(O)(O)Oc1cc(Br)cc(Br)c1-c1c(O)cc(Br)cc1Br. The molecule has 2 aromatic carbocycles. The minimum Gasteiger partial charge on any atom is -0.507 e. The van der Waals surface area contributed by atoms with Gasteiger partial charge in [-0.05, 0) is 56.1 Å². The molecule has 0 atom stereocenters. The Hall–Kier alpha value is 0.110. The molecule has 0 spiro atoms. The molecular weight excluding hydrogens is 575 g/mol. The van der Waals surface area contributed by atoms with Gasteiger partial charge in [0.1, 0.15) is 11.5 Å². The maximum Gasteiger partial charge on any atom is 0.524 e. The number of benzene rings is 2. The van der Waals surface area contributed by atoms with Crippen LogP contribution in [0.1, 0.15) is 0 Å². The topological polar surface area (TPSA) is 87.0 Å². The monoisotopic (exact) mass is 578 g/mol. The lowest BCUT2D eigenvalue weighted by Crippen LogP contribution is -1.95. The van der Waals surface area contributed by atoms with Crippen molar-refractivity contribution in [1.82, 2.24) is 0 Å². The van der Waals surface area contributed by atoms with Crippen molar-refractivity contribution in [2.75, 3.05) is 0 Å². The van der Waals surface area contributed by atoms with E-state index in [-0.39, 0.29) is 11.5 Å². The van der Waals surface area contributed by atoms with Crippen LogP contribution in [0.15, 0.2) is 42.2 Å². The maximum absolute atomic E-state index is 11.2. The van der Waals surface area contributed by atoms with Crippen molar-refractivity contribution in [1.29, 1.82) is 0 Å². The quantitative estimate of drug-likeness (QED) is 0.412. The number of hydrogen-bond acceptors (Lipinski definition) is 3. The van der Waals surface area contributed by atoms with E-state index in [2.05, 4.69) is 63.7 Å². The molecule has 0 aliphatic rings. The van der Waals surface area contributed by atoms with Crippen LogP contribution in [0.2, 0.25) is 0 Å². The van der Waals surface area contributed by atoms with E-state index in [1.165, 1.54) is 12.1 Å². The summed E-state index contributed by atoms with van der Waals surface area (Å²) in [5.41, 5.74) is 0.648. The maximum atomic E-state index is 11.2. The van der Waals surface area contributed by atoms with Crippen molar-refractivity contribution in [2.45, 2.75) is 0 Å². The Morgan fingerprint density at radius 1 is 0.864 bits per heavy atom. The van der Waals surface area contributed by atoms with Crippen LogP contribution in [0.4, 0.5) is 0 Å². The summed E-state index contributed by atoms with van der Waals surface area (Å²) in [4.78, 5) is 18.2. The molecule has 0 heterocycles. The average Bonchev–Trinajstić information content (AvgIpc) is 2.28. The summed E-state index contributed by atoms with van der Waals surface area (Å²) in [7, 11) is -4.76. The first-order valence-corrected chi connectivity index (χ1v) is 10.2. The standard InChI is InChI=1S/C12H7Br4O5P/c13-5-1-7(15)11(9(17)3-5)12-8(16)2-6(14)4-10(12)21-22(18,19)20/h1-4,17H,(H2,18,19,20). The van der Waals surface area contributed by atoms with E-state index < -0.39 is 7.82 Å². The Balaban J connectivity index is 2.78. The van der Waals surface area contributed by atoms with Crippen LogP contribution in [0.25, 0.3) is 11.1 Å². The van der Waals surface area contributed by atoms with E-state index in [1.54, 1.807) is 12.1 Å². The number of halogens is 4. The molecule has 0 aliphatic carbocycles. The van der Waals surface area contributed by atoms with Crippen molar-refractivity contribution in [3.05, 3.63) is 42.2 Å². The molecule has 0 aromatic heterocycles. The fourth-order valence-corrected chi connectivity index (χ4v) is 4.99. The average molecular weight is 582 g/mol. The number of phosphoric acid groups is 1. The van der Waals surface area contributed by atoms with Crippen LogP contribution in [-0.4, -0.2) is 14.9 Å². The Kier molecular flexibility index (Phi) is 5.81. The molecule has 0 bridgehead atoms. The van der Waals surface area contributed by atoms with Crippen LogP contribution in [-0.2, 0) is 4.57 Å². The van der Waals surface area contributed by atoms with Crippen LogP contribution < -0.4 is 4.52 Å². The summed E-state index contributed by atoms with van der Waals surface area (Å²) in [5, 5.41) is 10.2. The predicted octanol–water partition coefficient (Wildman–Crippen LogP) is 5.58. The van der Waals surface area contributed by atoms with Crippen LogP contribution in [0.5, 0.6) is 11.5 Å². The first-order chi connectivity index (χ1) is 10.1. The highest BCUT2D eigenvalue weighted by molar-refractivity contribution is 9.11. The van der Waals surface area contributed by atoms with Crippen molar-refractivity contribution in [3.8, 4) is 22.6 Å². The largest absolute Gasteiger partial charge is 0.524 e. The van der Waals surface area contributed by atoms with Gasteiger partial charge in [-0.3, -0.25) is 9.79 Å². The van der Waals surface area contributed by atoms with E-state index in [9.17, 15) is 9.67 Å². The van der Waals surface area contributed by atoms with E-state index >= 15 is 0 Å². The van der Waals surface area contributed by atoms with E-state index in [1.807, 2.05) is 0 Å². The Morgan fingerprint density at radius 3 is 1.86 bits per heavy atom. The molecule has 2 rings (SSSR count). The van der Waals surface area contributed by atoms with Gasteiger partial charge < -0.3 is 9.63 Å². The fraction of sp³-hybridized carbons (Fsp3) is 0. The molecule has 5 nitrogen and oxygen atoms in total. The normalized spacial score (nSPS) is 11.5. The van der Waals surface area contributed by atoms with Crippen molar-refractivity contribution < 1.29 is 24.0 Å². The number of rotatable bonds is 3. The van der Waals surface area contributed by atoms with Gasteiger partial charge in [-0.1, -0.05) is 31.9 Å². The minimum absolute atomic E-state index is 0.0760. The highest BCUT2D eigenvalue weighted by Crippen LogP contribution is 2.50. The molecular formula is C12H7Br4O5P. The van der Waals surface area contributed by atoms with Crippen molar-refractivity contribution in [2.24, 2.45) is 0 Å². The van der Waals surface area contributed by atoms with Gasteiger partial charge in [0.05, 0.1) is 0 Å².